The third-order valence-corrected chi connectivity index (χ3v) is 2.53. The Kier molecular flexibility index (Phi) is 2.86. The average Bonchev–Trinajstić information content (AvgIpc) is 2.81. The molecule has 0 aliphatic carbocycles. The van der Waals surface area contributed by atoms with E-state index in [0.29, 0.717) is 11.5 Å². The van der Waals surface area contributed by atoms with Gasteiger partial charge in [0.1, 0.15) is 6.29 Å². The van der Waals surface area contributed by atoms with Crippen molar-refractivity contribution in [3.63, 3.8) is 0 Å². The SMILES string of the molecule is CC(C)c1cc(C=O)cc(-n2cccn2)c1. The minimum atomic E-state index is 0.397. The first-order valence-corrected chi connectivity index (χ1v) is 5.31. The lowest BCUT2D eigenvalue weighted by atomic mass is 10.0. The summed E-state index contributed by atoms with van der Waals surface area (Å²) in [4.78, 5) is 10.9. The van der Waals surface area contributed by atoms with Crippen LogP contribution in [0.1, 0.15) is 35.7 Å². The van der Waals surface area contributed by atoms with E-state index >= 15 is 0 Å². The number of hydrogen-bond donors (Lipinski definition) is 0. The predicted octanol–water partition coefficient (Wildman–Crippen LogP) is 2.81. The molecule has 0 saturated carbocycles. The molecule has 82 valence electrons. The first-order valence-electron chi connectivity index (χ1n) is 5.31. The summed E-state index contributed by atoms with van der Waals surface area (Å²) < 4.78 is 1.76. The van der Waals surface area contributed by atoms with Crippen LogP contribution in [0.4, 0.5) is 0 Å². The summed E-state index contributed by atoms with van der Waals surface area (Å²) in [5, 5.41) is 4.16. The highest BCUT2D eigenvalue weighted by Gasteiger charge is 2.05. The topological polar surface area (TPSA) is 34.9 Å². The van der Waals surface area contributed by atoms with Crippen LogP contribution in [0.2, 0.25) is 0 Å². The van der Waals surface area contributed by atoms with Crippen molar-refractivity contribution in [2.75, 3.05) is 0 Å². The quantitative estimate of drug-likeness (QED) is 0.736. The molecule has 0 fully saturated rings. The van der Waals surface area contributed by atoms with Gasteiger partial charge in [-0.25, -0.2) is 4.68 Å². The van der Waals surface area contributed by atoms with E-state index in [4.69, 9.17) is 0 Å². The third kappa shape index (κ3) is 2.03. The molecule has 16 heavy (non-hydrogen) atoms. The maximum Gasteiger partial charge on any atom is 0.150 e. The number of hydrogen-bond acceptors (Lipinski definition) is 2. The lowest BCUT2D eigenvalue weighted by Crippen LogP contribution is -1.99. The Bertz CT molecular complexity index is 487. The molecule has 0 spiro atoms. The normalized spacial score (nSPS) is 10.7. The van der Waals surface area contributed by atoms with Crippen molar-refractivity contribution in [3.05, 3.63) is 47.8 Å². The van der Waals surface area contributed by atoms with Crippen molar-refractivity contribution in [3.8, 4) is 5.69 Å². The molecule has 0 atom stereocenters. The van der Waals surface area contributed by atoms with Crippen molar-refractivity contribution < 1.29 is 4.79 Å². The van der Waals surface area contributed by atoms with E-state index < -0.39 is 0 Å². The third-order valence-electron chi connectivity index (χ3n) is 2.53. The zero-order valence-corrected chi connectivity index (χ0v) is 9.42. The van der Waals surface area contributed by atoms with Crippen LogP contribution in [-0.2, 0) is 0 Å². The Labute approximate surface area is 94.7 Å². The van der Waals surface area contributed by atoms with E-state index in [0.717, 1.165) is 17.5 Å². The van der Waals surface area contributed by atoms with Crippen LogP contribution in [0.25, 0.3) is 5.69 Å². The summed E-state index contributed by atoms with van der Waals surface area (Å²) in [6.45, 7) is 4.22. The molecule has 0 N–H and O–H groups in total. The van der Waals surface area contributed by atoms with Gasteiger partial charge < -0.3 is 0 Å². The van der Waals surface area contributed by atoms with Gasteiger partial charge in [0.2, 0.25) is 0 Å². The van der Waals surface area contributed by atoms with Crippen molar-refractivity contribution in [2.45, 2.75) is 19.8 Å². The summed E-state index contributed by atoms with van der Waals surface area (Å²) in [6, 6.07) is 7.68. The van der Waals surface area contributed by atoms with Gasteiger partial charge in [0.15, 0.2) is 0 Å². The number of aldehydes is 1. The van der Waals surface area contributed by atoms with Gasteiger partial charge in [-0.15, -0.1) is 0 Å². The maximum atomic E-state index is 10.9. The van der Waals surface area contributed by atoms with Gasteiger partial charge in [-0.05, 0) is 35.7 Å². The fraction of sp³-hybridized carbons (Fsp3) is 0.231. The lowest BCUT2D eigenvalue weighted by Gasteiger charge is -2.09. The van der Waals surface area contributed by atoms with Crippen LogP contribution >= 0.6 is 0 Å². The Hall–Kier alpha value is -1.90. The number of carbonyl (C=O) groups is 1. The first kappa shape index (κ1) is 10.6. The number of carbonyl (C=O) groups excluding carboxylic acids is 1. The summed E-state index contributed by atoms with van der Waals surface area (Å²) in [7, 11) is 0. The van der Waals surface area contributed by atoms with Crippen molar-refractivity contribution >= 4 is 6.29 Å². The first-order chi connectivity index (χ1) is 7.70. The zero-order valence-electron chi connectivity index (χ0n) is 9.42. The molecule has 2 aromatic rings. The molecule has 0 unspecified atom stereocenters. The second-order valence-electron chi connectivity index (χ2n) is 4.08. The Balaban J connectivity index is 2.53. The smallest absolute Gasteiger partial charge is 0.150 e. The molecule has 3 nitrogen and oxygen atoms in total. The zero-order chi connectivity index (χ0) is 11.5. The molecule has 1 aromatic heterocycles. The minimum Gasteiger partial charge on any atom is -0.298 e. The minimum absolute atomic E-state index is 0.397. The Morgan fingerprint density at radius 3 is 2.69 bits per heavy atom. The molecule has 0 bridgehead atoms. The molecule has 1 heterocycles. The van der Waals surface area contributed by atoms with Gasteiger partial charge in [0.25, 0.3) is 0 Å². The molecular weight excluding hydrogens is 200 g/mol. The molecular formula is C13H14N2O. The maximum absolute atomic E-state index is 10.9. The van der Waals surface area contributed by atoms with E-state index in [1.807, 2.05) is 24.4 Å². The largest absolute Gasteiger partial charge is 0.298 e. The van der Waals surface area contributed by atoms with Crippen LogP contribution in [0, 0.1) is 0 Å². The summed E-state index contributed by atoms with van der Waals surface area (Å²) in [5.41, 5.74) is 2.77. The van der Waals surface area contributed by atoms with Crippen LogP contribution < -0.4 is 0 Å². The van der Waals surface area contributed by atoms with E-state index in [2.05, 4.69) is 25.0 Å². The molecule has 0 aliphatic heterocycles. The number of benzene rings is 1. The van der Waals surface area contributed by atoms with Gasteiger partial charge in [0, 0.05) is 18.0 Å². The summed E-state index contributed by atoms with van der Waals surface area (Å²) in [6.07, 6.45) is 4.47. The van der Waals surface area contributed by atoms with Gasteiger partial charge in [-0.1, -0.05) is 13.8 Å². The fourth-order valence-corrected chi connectivity index (χ4v) is 1.61. The standard InChI is InChI=1S/C13H14N2O/c1-10(2)12-6-11(9-16)7-13(8-12)15-5-3-4-14-15/h3-10H,1-2H3. The van der Waals surface area contributed by atoms with E-state index in [1.54, 1.807) is 10.9 Å². The second-order valence-corrected chi connectivity index (χ2v) is 4.08. The van der Waals surface area contributed by atoms with Gasteiger partial charge >= 0.3 is 0 Å². The predicted molar refractivity (Wildman–Crippen MR) is 63.0 cm³/mol. The van der Waals surface area contributed by atoms with Crippen LogP contribution in [0.3, 0.4) is 0 Å². The van der Waals surface area contributed by atoms with Gasteiger partial charge in [-0.2, -0.15) is 5.10 Å². The second kappa shape index (κ2) is 4.31. The molecule has 2 rings (SSSR count). The van der Waals surface area contributed by atoms with E-state index in [9.17, 15) is 4.79 Å². The average molecular weight is 214 g/mol. The highest BCUT2D eigenvalue weighted by Crippen LogP contribution is 2.19. The fourth-order valence-electron chi connectivity index (χ4n) is 1.61. The molecule has 0 amide bonds. The Morgan fingerprint density at radius 1 is 1.31 bits per heavy atom. The Morgan fingerprint density at radius 2 is 2.12 bits per heavy atom. The highest BCUT2D eigenvalue weighted by molar-refractivity contribution is 5.76. The molecule has 0 aliphatic rings. The highest BCUT2D eigenvalue weighted by atomic mass is 16.1. The molecule has 3 heteroatoms. The van der Waals surface area contributed by atoms with Crippen LogP contribution in [-0.4, -0.2) is 16.1 Å². The van der Waals surface area contributed by atoms with Gasteiger partial charge in [-0.3, -0.25) is 4.79 Å². The monoisotopic (exact) mass is 214 g/mol. The number of nitrogens with zero attached hydrogens (tertiary/aromatic N) is 2. The lowest BCUT2D eigenvalue weighted by molar-refractivity contribution is 0.112. The van der Waals surface area contributed by atoms with Gasteiger partial charge in [0.05, 0.1) is 5.69 Å². The van der Waals surface area contributed by atoms with Crippen LogP contribution in [0.15, 0.2) is 36.7 Å². The summed E-state index contributed by atoms with van der Waals surface area (Å²) in [5.74, 6) is 0.397. The number of rotatable bonds is 3. The van der Waals surface area contributed by atoms with Crippen LogP contribution in [0.5, 0.6) is 0 Å². The number of aromatic nitrogens is 2. The van der Waals surface area contributed by atoms with Crippen molar-refractivity contribution in [1.29, 1.82) is 0 Å². The van der Waals surface area contributed by atoms with E-state index in [-0.39, 0.29) is 0 Å². The molecule has 0 radical (unpaired) electrons. The molecule has 1 aromatic carbocycles. The summed E-state index contributed by atoms with van der Waals surface area (Å²) >= 11 is 0. The molecule has 0 saturated heterocycles. The van der Waals surface area contributed by atoms with Crippen molar-refractivity contribution in [1.82, 2.24) is 9.78 Å². The van der Waals surface area contributed by atoms with Crippen molar-refractivity contribution in [2.24, 2.45) is 0 Å². The van der Waals surface area contributed by atoms with E-state index in [1.165, 1.54) is 0 Å².